The number of Topliss-reactive ketones (excluding diaryl/α,β-unsaturated/α-hetero) is 1. The molecule has 4 aromatic rings. The summed E-state index contributed by atoms with van der Waals surface area (Å²) < 4.78 is 7.59. The van der Waals surface area contributed by atoms with E-state index in [0.29, 0.717) is 32.4 Å². The number of methoxy groups -OCH3 is 1. The van der Waals surface area contributed by atoms with Crippen LogP contribution < -0.4 is 15.6 Å². The second kappa shape index (κ2) is 10.0. The summed E-state index contributed by atoms with van der Waals surface area (Å²) in [6.45, 7) is 1.77. The quantitative estimate of drug-likeness (QED) is 0.228. The topological polar surface area (TPSA) is 90.3 Å². The van der Waals surface area contributed by atoms with Crippen LogP contribution in [0.5, 0.6) is 5.75 Å². The van der Waals surface area contributed by atoms with Crippen LogP contribution in [0.25, 0.3) is 10.2 Å². The van der Waals surface area contributed by atoms with E-state index < -0.39 is 0 Å². The maximum absolute atomic E-state index is 13.2. The van der Waals surface area contributed by atoms with E-state index in [1.165, 1.54) is 30.0 Å². The highest BCUT2D eigenvalue weighted by molar-refractivity contribution is 7.99. The maximum atomic E-state index is 13.2. The van der Waals surface area contributed by atoms with E-state index in [2.05, 4.69) is 10.3 Å². The zero-order valence-corrected chi connectivity index (χ0v) is 19.7. The van der Waals surface area contributed by atoms with Crippen LogP contribution in [0.3, 0.4) is 0 Å². The van der Waals surface area contributed by atoms with Crippen LogP contribution in [0, 0.1) is 0 Å². The molecule has 2 aromatic heterocycles. The van der Waals surface area contributed by atoms with Crippen molar-refractivity contribution < 1.29 is 14.3 Å². The van der Waals surface area contributed by atoms with Crippen molar-refractivity contribution in [1.29, 1.82) is 0 Å². The minimum absolute atomic E-state index is 0.0358. The van der Waals surface area contributed by atoms with Gasteiger partial charge >= 0.3 is 0 Å². The molecule has 0 radical (unpaired) electrons. The molecule has 1 amide bonds. The molecule has 0 aliphatic heterocycles. The van der Waals surface area contributed by atoms with Crippen LogP contribution in [0.15, 0.2) is 69.9 Å². The van der Waals surface area contributed by atoms with Gasteiger partial charge in [0, 0.05) is 16.8 Å². The van der Waals surface area contributed by atoms with E-state index in [0.717, 1.165) is 5.56 Å². The van der Waals surface area contributed by atoms with E-state index in [9.17, 15) is 14.4 Å². The van der Waals surface area contributed by atoms with E-state index in [1.54, 1.807) is 42.0 Å². The predicted octanol–water partition coefficient (Wildman–Crippen LogP) is 4.45. The summed E-state index contributed by atoms with van der Waals surface area (Å²) in [6, 6.07) is 16.0. The second-order valence-electron chi connectivity index (χ2n) is 7.20. The van der Waals surface area contributed by atoms with E-state index in [1.807, 2.05) is 29.6 Å². The number of fused-ring (bicyclic) bond motifs is 1. The van der Waals surface area contributed by atoms with Crippen molar-refractivity contribution in [1.82, 2.24) is 9.55 Å². The number of thioether (sulfide) groups is 1. The lowest BCUT2D eigenvalue weighted by atomic mass is 10.1. The summed E-state index contributed by atoms with van der Waals surface area (Å²) in [6.07, 6.45) is 0. The Morgan fingerprint density at radius 3 is 2.61 bits per heavy atom. The van der Waals surface area contributed by atoms with Gasteiger partial charge < -0.3 is 10.1 Å². The number of carbonyl (C=O) groups is 2. The number of ether oxygens (including phenoxy) is 1. The first kappa shape index (κ1) is 22.8. The molecule has 0 spiro atoms. The molecule has 7 nitrogen and oxygen atoms in total. The molecular weight excluding hydrogens is 458 g/mol. The first-order valence-electron chi connectivity index (χ1n) is 10.1. The molecule has 1 N–H and O–H groups in total. The number of thiophene rings is 1. The number of hydrogen-bond acceptors (Lipinski definition) is 7. The Kier molecular flexibility index (Phi) is 6.90. The normalized spacial score (nSPS) is 10.8. The van der Waals surface area contributed by atoms with Gasteiger partial charge in [-0.05, 0) is 48.7 Å². The van der Waals surface area contributed by atoms with Crippen molar-refractivity contribution in [2.24, 2.45) is 0 Å². The van der Waals surface area contributed by atoms with E-state index >= 15 is 0 Å². The number of hydrogen-bond donors (Lipinski definition) is 1. The molecule has 0 bridgehead atoms. The second-order valence-corrected chi connectivity index (χ2v) is 9.06. The first-order valence-corrected chi connectivity index (χ1v) is 12.0. The van der Waals surface area contributed by atoms with Gasteiger partial charge in [-0.1, -0.05) is 30.0 Å². The highest BCUT2D eigenvalue weighted by Crippen LogP contribution is 2.24. The van der Waals surface area contributed by atoms with Gasteiger partial charge in [0.05, 0.1) is 24.9 Å². The lowest BCUT2D eigenvalue weighted by Crippen LogP contribution is -2.24. The number of para-hydroxylation sites is 1. The maximum Gasteiger partial charge on any atom is 0.272 e. The van der Waals surface area contributed by atoms with Gasteiger partial charge in [0.1, 0.15) is 10.4 Å². The fourth-order valence-electron chi connectivity index (χ4n) is 3.29. The van der Waals surface area contributed by atoms with Crippen molar-refractivity contribution >= 4 is 50.7 Å². The smallest absolute Gasteiger partial charge is 0.272 e. The number of benzene rings is 2. The Bertz CT molecular complexity index is 1380. The zero-order valence-electron chi connectivity index (χ0n) is 18.0. The van der Waals surface area contributed by atoms with Crippen LogP contribution in [0.1, 0.15) is 22.8 Å². The summed E-state index contributed by atoms with van der Waals surface area (Å²) in [7, 11) is 1.59. The molecule has 4 rings (SSSR count). The minimum Gasteiger partial charge on any atom is -0.496 e. The molecule has 0 atom stereocenters. The number of ketones is 1. The van der Waals surface area contributed by atoms with Crippen molar-refractivity contribution in [3.63, 3.8) is 0 Å². The number of aromatic nitrogens is 2. The highest BCUT2D eigenvalue weighted by atomic mass is 32.2. The monoisotopic (exact) mass is 479 g/mol. The molecule has 168 valence electrons. The minimum atomic E-state index is -0.237. The Balaban J connectivity index is 1.56. The lowest BCUT2D eigenvalue weighted by Gasteiger charge is -2.14. The molecule has 0 aliphatic carbocycles. The number of nitrogens with one attached hydrogen (secondary N) is 1. The third-order valence-corrected chi connectivity index (χ3v) is 6.83. The molecule has 0 saturated heterocycles. The summed E-state index contributed by atoms with van der Waals surface area (Å²) in [4.78, 5) is 41.8. The number of rotatable bonds is 8. The third-order valence-electron chi connectivity index (χ3n) is 4.96. The van der Waals surface area contributed by atoms with Crippen molar-refractivity contribution in [2.45, 2.75) is 18.6 Å². The zero-order chi connectivity index (χ0) is 23.4. The van der Waals surface area contributed by atoms with Crippen LogP contribution in [-0.2, 0) is 11.3 Å². The molecular formula is C24H21N3O4S2. The summed E-state index contributed by atoms with van der Waals surface area (Å²) in [5, 5.41) is 5.10. The Labute approximate surface area is 198 Å². The van der Waals surface area contributed by atoms with Crippen LogP contribution in [0.2, 0.25) is 0 Å². The van der Waals surface area contributed by atoms with Gasteiger partial charge in [0.25, 0.3) is 5.56 Å². The molecule has 0 unspecified atom stereocenters. The fourth-order valence-corrected chi connectivity index (χ4v) is 4.87. The molecule has 0 fully saturated rings. The third kappa shape index (κ3) is 5.15. The number of carbonyl (C=O) groups excluding carboxylic acids is 2. The van der Waals surface area contributed by atoms with Gasteiger partial charge in [0.2, 0.25) is 5.91 Å². The Morgan fingerprint density at radius 2 is 1.88 bits per heavy atom. The van der Waals surface area contributed by atoms with Gasteiger partial charge in [0.15, 0.2) is 10.9 Å². The van der Waals surface area contributed by atoms with Gasteiger partial charge in [-0.15, -0.1) is 11.3 Å². The largest absolute Gasteiger partial charge is 0.496 e. The van der Waals surface area contributed by atoms with Crippen molar-refractivity contribution in [3.05, 3.63) is 81.5 Å². The van der Waals surface area contributed by atoms with Crippen LogP contribution >= 0.6 is 23.1 Å². The Morgan fingerprint density at radius 1 is 1.12 bits per heavy atom. The first-order chi connectivity index (χ1) is 16.0. The summed E-state index contributed by atoms with van der Waals surface area (Å²) >= 11 is 2.54. The molecule has 2 heterocycles. The summed E-state index contributed by atoms with van der Waals surface area (Å²) in [5.74, 6) is 0.478. The van der Waals surface area contributed by atoms with Gasteiger partial charge in [-0.2, -0.15) is 0 Å². The SMILES string of the molecule is COc1ccccc1Cn1c(SCC(=O)Nc2ccc(C(C)=O)cc2)nc2ccsc2c1=O. The number of anilines is 1. The average Bonchev–Trinajstić information content (AvgIpc) is 3.29. The fraction of sp³-hybridized carbons (Fsp3) is 0.167. The van der Waals surface area contributed by atoms with Crippen LogP contribution in [0.4, 0.5) is 5.69 Å². The van der Waals surface area contributed by atoms with Crippen molar-refractivity contribution in [2.75, 3.05) is 18.2 Å². The van der Waals surface area contributed by atoms with Crippen molar-refractivity contribution in [3.8, 4) is 5.75 Å². The molecule has 0 saturated carbocycles. The Hall–Kier alpha value is -3.43. The number of amides is 1. The number of nitrogens with zero attached hydrogens (tertiary/aromatic N) is 2. The predicted molar refractivity (Wildman–Crippen MR) is 132 cm³/mol. The van der Waals surface area contributed by atoms with Gasteiger partial charge in [-0.3, -0.25) is 19.0 Å². The van der Waals surface area contributed by atoms with Crippen LogP contribution in [-0.4, -0.2) is 34.1 Å². The van der Waals surface area contributed by atoms with E-state index in [-0.39, 0.29) is 29.5 Å². The molecule has 2 aromatic carbocycles. The van der Waals surface area contributed by atoms with E-state index in [4.69, 9.17) is 4.74 Å². The summed E-state index contributed by atoms with van der Waals surface area (Å²) in [5.41, 5.74) is 2.48. The van der Waals surface area contributed by atoms with Gasteiger partial charge in [-0.25, -0.2) is 4.98 Å². The molecule has 9 heteroatoms. The standard InChI is InChI=1S/C24H21N3O4S2/c1-15(28)16-7-9-18(10-8-16)25-21(29)14-33-24-26-19-11-12-32-22(19)23(30)27(24)13-17-5-3-4-6-20(17)31-2/h3-12H,13-14H2,1-2H3,(H,25,29). The molecule has 33 heavy (non-hydrogen) atoms. The lowest BCUT2D eigenvalue weighted by molar-refractivity contribution is -0.113. The highest BCUT2D eigenvalue weighted by Gasteiger charge is 2.16. The average molecular weight is 480 g/mol. The molecule has 0 aliphatic rings.